The van der Waals surface area contributed by atoms with E-state index in [0.29, 0.717) is 6.61 Å². The molecule has 36 heavy (non-hydrogen) atoms. The Balaban J connectivity index is 0.000000434. The van der Waals surface area contributed by atoms with Gasteiger partial charge >= 0.3 is 17.9 Å². The first kappa shape index (κ1) is 29.2. The number of hydrogen-bond acceptors (Lipinski definition) is 7. The van der Waals surface area contributed by atoms with E-state index in [0.717, 1.165) is 37.7 Å². The largest absolute Gasteiger partial charge is 0.481 e. The molecule has 2 aromatic carbocycles. The molecule has 1 aliphatic rings. The van der Waals surface area contributed by atoms with Crippen LogP contribution in [0.15, 0.2) is 54.6 Å². The summed E-state index contributed by atoms with van der Waals surface area (Å²) in [6, 6.07) is 17.6. The molecular formula is C25H32ClN3O7. The second-order valence-corrected chi connectivity index (χ2v) is 8.67. The molecule has 0 bridgehead atoms. The molecule has 1 fully saturated rings. The fourth-order valence-corrected chi connectivity index (χ4v) is 3.89. The van der Waals surface area contributed by atoms with Gasteiger partial charge in [-0.3, -0.25) is 19.4 Å². The van der Waals surface area contributed by atoms with Gasteiger partial charge in [0.1, 0.15) is 12.6 Å². The number of halogens is 1. The Morgan fingerprint density at radius 2 is 1.47 bits per heavy atom. The Morgan fingerprint density at radius 1 is 0.889 bits per heavy atom. The third-order valence-electron chi connectivity index (χ3n) is 5.56. The van der Waals surface area contributed by atoms with E-state index < -0.39 is 30.4 Å². The molecule has 0 aromatic heterocycles. The molecule has 2 aromatic rings. The molecular weight excluding hydrogens is 490 g/mol. The summed E-state index contributed by atoms with van der Waals surface area (Å²) in [6.45, 7) is 4.75. The first-order valence-corrected chi connectivity index (χ1v) is 11.8. The lowest BCUT2D eigenvalue weighted by atomic mass is 9.96. The third-order valence-corrected chi connectivity index (χ3v) is 5.81. The standard InChI is InChI=1S/C21H25ClN2O3.C4H7NO4/c22-19-8-6-18(7-9-19)21(17-4-2-1-3-5-17)24-12-10-23(11-13-24)14-15-27-16-20(25)26;5-2(4(8)9)1-3(6)7/h1-9,21H,10-16H2,(H,25,26);2H,1,5H2,(H,6,7)(H,8,9). The van der Waals surface area contributed by atoms with Gasteiger partial charge in [-0.05, 0) is 23.3 Å². The second-order valence-electron chi connectivity index (χ2n) is 8.23. The molecule has 2 atom stereocenters. The van der Waals surface area contributed by atoms with Gasteiger partial charge in [-0.25, -0.2) is 4.79 Å². The predicted octanol–water partition coefficient (Wildman–Crippen LogP) is 2.02. The van der Waals surface area contributed by atoms with E-state index in [4.69, 9.17) is 37.4 Å². The summed E-state index contributed by atoms with van der Waals surface area (Å²) >= 11 is 6.08. The van der Waals surface area contributed by atoms with Gasteiger partial charge in [-0.1, -0.05) is 54.1 Å². The molecule has 3 rings (SSSR count). The number of hydrogen-bond donors (Lipinski definition) is 4. The zero-order chi connectivity index (χ0) is 26.5. The van der Waals surface area contributed by atoms with E-state index in [2.05, 4.69) is 46.2 Å². The van der Waals surface area contributed by atoms with Crippen LogP contribution in [0.5, 0.6) is 0 Å². The fourth-order valence-electron chi connectivity index (χ4n) is 3.77. The molecule has 0 amide bonds. The van der Waals surface area contributed by atoms with Crippen LogP contribution in [-0.4, -0.2) is 95.0 Å². The Morgan fingerprint density at radius 3 is 1.97 bits per heavy atom. The molecule has 1 aliphatic heterocycles. The fraction of sp³-hybridized carbons (Fsp3) is 0.400. The Kier molecular flexibility index (Phi) is 12.3. The highest BCUT2D eigenvalue weighted by molar-refractivity contribution is 6.30. The number of benzene rings is 2. The van der Waals surface area contributed by atoms with Crippen molar-refractivity contribution in [2.45, 2.75) is 18.5 Å². The lowest BCUT2D eigenvalue weighted by Gasteiger charge is -2.39. The van der Waals surface area contributed by atoms with Crippen molar-refractivity contribution in [3.63, 3.8) is 0 Å². The number of carboxylic acids is 3. The van der Waals surface area contributed by atoms with E-state index in [1.165, 1.54) is 11.1 Å². The molecule has 196 valence electrons. The van der Waals surface area contributed by atoms with Gasteiger partial charge in [0.25, 0.3) is 0 Å². The smallest absolute Gasteiger partial charge is 0.329 e. The molecule has 5 N–H and O–H groups in total. The summed E-state index contributed by atoms with van der Waals surface area (Å²) in [6.07, 6.45) is -0.532. The Hall–Kier alpha value is -3.02. The van der Waals surface area contributed by atoms with Gasteiger partial charge in [0, 0.05) is 37.7 Å². The zero-order valence-corrected chi connectivity index (χ0v) is 20.6. The van der Waals surface area contributed by atoms with Gasteiger partial charge in [-0.15, -0.1) is 0 Å². The third kappa shape index (κ3) is 10.3. The van der Waals surface area contributed by atoms with Crippen LogP contribution in [0, 0.1) is 0 Å². The topological polar surface area (TPSA) is 154 Å². The van der Waals surface area contributed by atoms with Crippen LogP contribution in [0.1, 0.15) is 23.6 Å². The Bertz CT molecular complexity index is 967. The molecule has 0 spiro atoms. The summed E-state index contributed by atoms with van der Waals surface area (Å²) in [4.78, 5) is 34.9. The van der Waals surface area contributed by atoms with Crippen LogP contribution in [0.4, 0.5) is 0 Å². The lowest BCUT2D eigenvalue weighted by Crippen LogP contribution is -2.48. The van der Waals surface area contributed by atoms with Gasteiger partial charge in [0.05, 0.1) is 19.1 Å². The van der Waals surface area contributed by atoms with Crippen LogP contribution < -0.4 is 5.73 Å². The maximum atomic E-state index is 10.5. The van der Waals surface area contributed by atoms with Crippen molar-refractivity contribution in [3.8, 4) is 0 Å². The maximum absolute atomic E-state index is 10.5. The van der Waals surface area contributed by atoms with Crippen molar-refractivity contribution < 1.29 is 34.4 Å². The zero-order valence-electron chi connectivity index (χ0n) is 19.8. The number of carboxylic acid groups (broad SMARTS) is 3. The second kappa shape index (κ2) is 15.2. The number of nitrogens with two attached hydrogens (primary N) is 1. The van der Waals surface area contributed by atoms with E-state index in [1.807, 2.05) is 18.2 Å². The highest BCUT2D eigenvalue weighted by Crippen LogP contribution is 2.30. The van der Waals surface area contributed by atoms with Gasteiger partial charge in [-0.2, -0.15) is 0 Å². The maximum Gasteiger partial charge on any atom is 0.329 e. The van der Waals surface area contributed by atoms with Crippen LogP contribution >= 0.6 is 11.6 Å². The SMILES string of the molecule is NC(CC(=O)O)C(=O)O.O=C(O)COCCN1CCN(C(c2ccccc2)c2ccc(Cl)cc2)CC1. The number of carbonyl (C=O) groups is 3. The highest BCUT2D eigenvalue weighted by atomic mass is 35.5. The number of ether oxygens (including phenoxy) is 1. The quantitative estimate of drug-likeness (QED) is 0.323. The van der Waals surface area contributed by atoms with Crippen molar-refractivity contribution in [1.82, 2.24) is 9.80 Å². The molecule has 0 aliphatic carbocycles. The van der Waals surface area contributed by atoms with E-state index in [1.54, 1.807) is 0 Å². The molecule has 0 saturated carbocycles. The molecule has 0 radical (unpaired) electrons. The minimum atomic E-state index is -1.29. The molecule has 2 unspecified atom stereocenters. The molecule has 11 heteroatoms. The number of nitrogens with zero attached hydrogens (tertiary/aromatic N) is 2. The van der Waals surface area contributed by atoms with Crippen molar-refractivity contribution in [1.29, 1.82) is 0 Å². The van der Waals surface area contributed by atoms with Crippen molar-refractivity contribution in [2.75, 3.05) is 45.9 Å². The average molecular weight is 522 g/mol. The predicted molar refractivity (Wildman–Crippen MR) is 134 cm³/mol. The van der Waals surface area contributed by atoms with Crippen LogP contribution in [0.3, 0.4) is 0 Å². The first-order valence-electron chi connectivity index (χ1n) is 11.4. The minimum Gasteiger partial charge on any atom is -0.481 e. The number of piperazine rings is 1. The van der Waals surface area contributed by atoms with Gasteiger partial charge < -0.3 is 25.8 Å². The van der Waals surface area contributed by atoms with Crippen LogP contribution in [0.2, 0.25) is 5.02 Å². The average Bonchev–Trinajstić information content (AvgIpc) is 2.84. The molecule has 10 nitrogen and oxygen atoms in total. The molecule has 1 saturated heterocycles. The highest BCUT2D eigenvalue weighted by Gasteiger charge is 2.26. The minimum absolute atomic E-state index is 0.203. The monoisotopic (exact) mass is 521 g/mol. The summed E-state index contributed by atoms with van der Waals surface area (Å²) in [5.41, 5.74) is 7.35. The van der Waals surface area contributed by atoms with Crippen LogP contribution in [-0.2, 0) is 19.1 Å². The summed E-state index contributed by atoms with van der Waals surface area (Å²) in [5.74, 6) is -3.42. The van der Waals surface area contributed by atoms with Gasteiger partial charge in [0.15, 0.2) is 0 Å². The van der Waals surface area contributed by atoms with Crippen molar-refractivity contribution in [2.24, 2.45) is 5.73 Å². The van der Waals surface area contributed by atoms with E-state index in [-0.39, 0.29) is 12.6 Å². The van der Waals surface area contributed by atoms with E-state index in [9.17, 15) is 14.4 Å². The normalized spacial score (nSPS) is 15.8. The van der Waals surface area contributed by atoms with E-state index >= 15 is 0 Å². The van der Waals surface area contributed by atoms with Crippen molar-refractivity contribution >= 4 is 29.5 Å². The van der Waals surface area contributed by atoms with Gasteiger partial charge in [0.2, 0.25) is 0 Å². The summed E-state index contributed by atoms with van der Waals surface area (Å²) in [7, 11) is 0. The number of rotatable bonds is 11. The summed E-state index contributed by atoms with van der Waals surface area (Å²) in [5, 5.41) is 25.4. The first-order chi connectivity index (χ1) is 17.2. The molecule has 1 heterocycles. The van der Waals surface area contributed by atoms with Crippen LogP contribution in [0.25, 0.3) is 0 Å². The van der Waals surface area contributed by atoms with Crippen molar-refractivity contribution in [3.05, 3.63) is 70.7 Å². The lowest BCUT2D eigenvalue weighted by molar-refractivity contribution is -0.144. The number of aliphatic carboxylic acids is 3. The Labute approximate surface area is 214 Å². The summed E-state index contributed by atoms with van der Waals surface area (Å²) < 4.78 is 5.15.